The van der Waals surface area contributed by atoms with Gasteiger partial charge in [0.25, 0.3) is 0 Å². The Labute approximate surface area is 81.9 Å². The first-order valence-corrected chi connectivity index (χ1v) is 5.00. The van der Waals surface area contributed by atoms with Gasteiger partial charge >= 0.3 is 0 Å². The molecule has 0 saturated heterocycles. The Morgan fingerprint density at radius 3 is 2.92 bits per heavy atom. The molecule has 0 amide bonds. The van der Waals surface area contributed by atoms with Crippen LogP contribution in [0.1, 0.15) is 24.3 Å². The van der Waals surface area contributed by atoms with E-state index in [2.05, 4.69) is 6.58 Å². The molecule has 0 bridgehead atoms. The Hall–Kier alpha value is -0.310. The monoisotopic (exact) mass is 201 g/mol. The van der Waals surface area contributed by atoms with Crippen LogP contribution < -0.4 is 5.73 Å². The van der Waals surface area contributed by atoms with Crippen molar-refractivity contribution in [2.45, 2.75) is 19.4 Å². The maximum atomic E-state index is 5.92. The van der Waals surface area contributed by atoms with Gasteiger partial charge in [-0.3, -0.25) is 0 Å². The van der Waals surface area contributed by atoms with E-state index >= 15 is 0 Å². The normalized spacial score (nSPS) is 12.9. The molecule has 0 radical (unpaired) electrons. The van der Waals surface area contributed by atoms with Crippen molar-refractivity contribution in [3.8, 4) is 0 Å². The summed E-state index contributed by atoms with van der Waals surface area (Å²) in [7, 11) is 0. The van der Waals surface area contributed by atoms with E-state index in [9.17, 15) is 0 Å². The summed E-state index contributed by atoms with van der Waals surface area (Å²) in [4.78, 5) is 1.06. The zero-order valence-electron chi connectivity index (χ0n) is 7.01. The van der Waals surface area contributed by atoms with Crippen molar-refractivity contribution in [2.24, 2.45) is 5.73 Å². The van der Waals surface area contributed by atoms with Crippen LogP contribution in [-0.4, -0.2) is 0 Å². The Bertz CT molecular complexity index is 280. The lowest BCUT2D eigenvalue weighted by molar-refractivity contribution is 0.731. The van der Waals surface area contributed by atoms with Gasteiger partial charge in [-0.05, 0) is 24.8 Å². The molecule has 2 N–H and O–H groups in total. The van der Waals surface area contributed by atoms with Crippen molar-refractivity contribution < 1.29 is 0 Å². The molecule has 66 valence electrons. The van der Waals surface area contributed by atoms with Crippen molar-refractivity contribution in [1.82, 2.24) is 0 Å². The summed E-state index contributed by atoms with van der Waals surface area (Å²) in [5.74, 6) is 0. The Balaban J connectivity index is 2.71. The van der Waals surface area contributed by atoms with E-state index in [1.165, 1.54) is 0 Å². The van der Waals surface area contributed by atoms with Crippen LogP contribution in [0.3, 0.4) is 0 Å². The second kappa shape index (κ2) is 4.08. The van der Waals surface area contributed by atoms with Crippen molar-refractivity contribution in [3.05, 3.63) is 33.5 Å². The van der Waals surface area contributed by atoms with E-state index in [1.54, 1.807) is 11.3 Å². The van der Waals surface area contributed by atoms with Crippen LogP contribution in [0.2, 0.25) is 5.02 Å². The minimum absolute atomic E-state index is 0.00926. The smallest absolute Gasteiger partial charge is 0.0561 e. The maximum Gasteiger partial charge on any atom is 0.0561 e. The number of nitrogens with two attached hydrogens (primary N) is 1. The largest absolute Gasteiger partial charge is 0.323 e. The van der Waals surface area contributed by atoms with Crippen LogP contribution >= 0.6 is 22.9 Å². The van der Waals surface area contributed by atoms with Crippen LogP contribution in [-0.2, 0) is 0 Å². The van der Waals surface area contributed by atoms with Crippen LogP contribution in [0, 0.1) is 0 Å². The molecule has 0 aliphatic heterocycles. The lowest BCUT2D eigenvalue weighted by Crippen LogP contribution is -2.08. The van der Waals surface area contributed by atoms with Gasteiger partial charge in [-0.1, -0.05) is 17.2 Å². The summed E-state index contributed by atoms with van der Waals surface area (Å²) >= 11 is 7.52. The molecule has 0 saturated carbocycles. The highest BCUT2D eigenvalue weighted by Crippen LogP contribution is 2.30. The molecular weight excluding hydrogens is 190 g/mol. The minimum Gasteiger partial charge on any atom is -0.323 e. The van der Waals surface area contributed by atoms with Gasteiger partial charge in [0.2, 0.25) is 0 Å². The van der Waals surface area contributed by atoms with Gasteiger partial charge < -0.3 is 5.73 Å². The first kappa shape index (κ1) is 9.78. The summed E-state index contributed by atoms with van der Waals surface area (Å²) in [6, 6.07) is 1.88. The first-order valence-electron chi connectivity index (χ1n) is 3.74. The zero-order valence-corrected chi connectivity index (χ0v) is 8.58. The molecule has 0 aliphatic carbocycles. The summed E-state index contributed by atoms with van der Waals surface area (Å²) in [5, 5.41) is 2.73. The molecule has 0 aliphatic rings. The molecule has 0 unspecified atom stereocenters. The number of hydrogen-bond acceptors (Lipinski definition) is 2. The van der Waals surface area contributed by atoms with E-state index < -0.39 is 0 Å². The van der Waals surface area contributed by atoms with E-state index in [0.29, 0.717) is 0 Å². The third kappa shape index (κ3) is 2.34. The summed E-state index contributed by atoms with van der Waals surface area (Å²) in [5.41, 5.74) is 7.00. The van der Waals surface area contributed by atoms with E-state index in [1.807, 2.05) is 18.4 Å². The molecule has 0 aromatic carbocycles. The topological polar surface area (TPSA) is 26.0 Å². The van der Waals surface area contributed by atoms with Gasteiger partial charge in [-0.25, -0.2) is 0 Å². The molecule has 1 heterocycles. The Kier molecular flexibility index (Phi) is 3.32. The highest BCUT2D eigenvalue weighted by atomic mass is 35.5. The second-order valence-corrected chi connectivity index (χ2v) is 4.26. The molecule has 3 heteroatoms. The summed E-state index contributed by atoms with van der Waals surface area (Å²) in [6.07, 6.45) is 0.806. The van der Waals surface area contributed by atoms with Crippen molar-refractivity contribution >= 4 is 22.9 Å². The van der Waals surface area contributed by atoms with Gasteiger partial charge in [-0.15, -0.1) is 17.9 Å². The third-order valence-corrected chi connectivity index (χ3v) is 3.04. The quantitative estimate of drug-likeness (QED) is 0.746. The molecule has 1 aromatic rings. The average molecular weight is 202 g/mol. The van der Waals surface area contributed by atoms with Crippen LogP contribution in [0.4, 0.5) is 0 Å². The van der Waals surface area contributed by atoms with Crippen LogP contribution in [0.15, 0.2) is 23.6 Å². The van der Waals surface area contributed by atoms with Crippen molar-refractivity contribution in [1.29, 1.82) is 0 Å². The maximum absolute atomic E-state index is 5.92. The second-order valence-electron chi connectivity index (χ2n) is 2.90. The predicted octanol–water partition coefficient (Wildman–Crippen LogP) is 3.37. The lowest BCUT2D eigenvalue weighted by atomic mass is 10.1. The molecular formula is C9H12ClNS. The van der Waals surface area contributed by atoms with Gasteiger partial charge in [0.05, 0.1) is 5.02 Å². The zero-order chi connectivity index (χ0) is 9.14. The molecule has 1 rings (SSSR count). The fourth-order valence-corrected chi connectivity index (χ4v) is 2.24. The highest BCUT2D eigenvalue weighted by molar-refractivity contribution is 7.10. The lowest BCUT2D eigenvalue weighted by Gasteiger charge is -2.09. The van der Waals surface area contributed by atoms with Gasteiger partial charge in [0.15, 0.2) is 0 Å². The fraction of sp³-hybridized carbons (Fsp3) is 0.333. The van der Waals surface area contributed by atoms with E-state index in [0.717, 1.165) is 21.9 Å². The van der Waals surface area contributed by atoms with Crippen molar-refractivity contribution in [3.63, 3.8) is 0 Å². The van der Waals surface area contributed by atoms with E-state index in [4.69, 9.17) is 17.3 Å². The standard InChI is InChI=1S/C9H12ClNS/c1-6(2)5-8(11)9-7(10)3-4-12-9/h3-4,8H,1,5,11H2,2H3/t8-/m0/s1. The number of hydrogen-bond donors (Lipinski definition) is 1. The van der Waals surface area contributed by atoms with Crippen LogP contribution in [0.25, 0.3) is 0 Å². The molecule has 0 fully saturated rings. The number of halogens is 1. The summed E-state index contributed by atoms with van der Waals surface area (Å²) in [6.45, 7) is 5.79. The Morgan fingerprint density at radius 2 is 2.50 bits per heavy atom. The number of thiophene rings is 1. The molecule has 1 aromatic heterocycles. The molecule has 1 nitrogen and oxygen atoms in total. The van der Waals surface area contributed by atoms with Gasteiger partial charge in [-0.2, -0.15) is 0 Å². The molecule has 12 heavy (non-hydrogen) atoms. The van der Waals surface area contributed by atoms with Gasteiger partial charge in [0, 0.05) is 10.9 Å². The fourth-order valence-electron chi connectivity index (χ4n) is 1.04. The number of rotatable bonds is 3. The van der Waals surface area contributed by atoms with Crippen LogP contribution in [0.5, 0.6) is 0 Å². The van der Waals surface area contributed by atoms with E-state index in [-0.39, 0.29) is 6.04 Å². The third-order valence-electron chi connectivity index (χ3n) is 1.55. The minimum atomic E-state index is 0.00926. The SMILES string of the molecule is C=C(C)C[C@H](N)c1sccc1Cl. The Morgan fingerprint density at radius 1 is 1.83 bits per heavy atom. The molecule has 1 atom stereocenters. The predicted molar refractivity (Wildman–Crippen MR) is 55.7 cm³/mol. The first-order chi connectivity index (χ1) is 5.61. The molecule has 0 spiro atoms. The highest BCUT2D eigenvalue weighted by Gasteiger charge is 2.10. The van der Waals surface area contributed by atoms with Crippen molar-refractivity contribution in [2.75, 3.05) is 0 Å². The van der Waals surface area contributed by atoms with Gasteiger partial charge in [0.1, 0.15) is 0 Å². The summed E-state index contributed by atoms with van der Waals surface area (Å²) < 4.78 is 0. The average Bonchev–Trinajstić information content (AvgIpc) is 2.33.